The van der Waals surface area contributed by atoms with Crippen LogP contribution in [-0.2, 0) is 14.3 Å². The van der Waals surface area contributed by atoms with Gasteiger partial charge in [-0.15, -0.1) is 0 Å². The third-order valence-corrected chi connectivity index (χ3v) is 5.74. The highest BCUT2D eigenvalue weighted by Gasteiger charge is 2.36. The van der Waals surface area contributed by atoms with Crippen molar-refractivity contribution < 1.29 is 14.3 Å². The van der Waals surface area contributed by atoms with E-state index in [1.165, 1.54) is 5.56 Å². The molecule has 0 aliphatic carbocycles. The van der Waals surface area contributed by atoms with Crippen molar-refractivity contribution >= 4 is 17.7 Å². The Balaban J connectivity index is 1.83. The van der Waals surface area contributed by atoms with Crippen LogP contribution >= 0.6 is 0 Å². The summed E-state index contributed by atoms with van der Waals surface area (Å²) in [5.74, 6) is 0.387. The summed E-state index contributed by atoms with van der Waals surface area (Å²) >= 11 is 0. The molecule has 0 bridgehead atoms. The number of benzene rings is 3. The quantitative estimate of drug-likeness (QED) is 0.394. The summed E-state index contributed by atoms with van der Waals surface area (Å²) in [6.45, 7) is 4.24. The van der Waals surface area contributed by atoms with Gasteiger partial charge in [-0.25, -0.2) is 4.79 Å². The zero-order valence-electron chi connectivity index (χ0n) is 18.6. The lowest BCUT2D eigenvalue weighted by molar-refractivity contribution is -0.147. The molecule has 0 N–H and O–H groups in total. The minimum atomic E-state index is -0.360. The summed E-state index contributed by atoms with van der Waals surface area (Å²) in [6.07, 6.45) is 2.98. The summed E-state index contributed by atoms with van der Waals surface area (Å²) in [4.78, 5) is 14.5. The van der Waals surface area contributed by atoms with Gasteiger partial charge >= 0.3 is 5.97 Å². The van der Waals surface area contributed by atoms with Crippen LogP contribution in [0.2, 0.25) is 0 Å². The first-order valence-electron chi connectivity index (χ1n) is 11.2. The second-order valence-electron chi connectivity index (χ2n) is 7.75. The van der Waals surface area contributed by atoms with Crippen molar-refractivity contribution in [2.45, 2.75) is 32.4 Å². The number of hydrogen-bond donors (Lipinski definition) is 0. The molecule has 1 aliphatic rings. The normalized spacial score (nSPS) is 16.0. The molecule has 0 amide bonds. The number of carbonyl (C=O) groups excluding carboxylic acids is 1. The number of fused-ring (bicyclic) bond motifs is 1. The maximum Gasteiger partial charge on any atom is 0.344 e. The molecule has 32 heavy (non-hydrogen) atoms. The summed E-state index contributed by atoms with van der Waals surface area (Å²) in [5, 5.41) is 0. The van der Waals surface area contributed by atoms with Crippen molar-refractivity contribution in [2.24, 2.45) is 0 Å². The molecular weight excluding hydrogens is 398 g/mol. The van der Waals surface area contributed by atoms with Crippen molar-refractivity contribution in [2.75, 3.05) is 18.1 Å². The van der Waals surface area contributed by atoms with Crippen LogP contribution in [0, 0.1) is 0 Å². The number of esters is 1. The molecule has 0 spiro atoms. The van der Waals surface area contributed by atoms with E-state index in [1.807, 2.05) is 30.3 Å². The highest BCUT2D eigenvalue weighted by molar-refractivity contribution is 5.76. The van der Waals surface area contributed by atoms with E-state index in [-0.39, 0.29) is 24.7 Å². The SMILES string of the molecule is CCOC(=O)COC1=Cc2ccccc2N(C(CC)c2ccccc2)[C@H]1c1ccccc1. The summed E-state index contributed by atoms with van der Waals surface area (Å²) in [7, 11) is 0. The number of nitrogens with zero attached hydrogens (tertiary/aromatic N) is 1. The summed E-state index contributed by atoms with van der Waals surface area (Å²) < 4.78 is 11.2. The Morgan fingerprint density at radius 3 is 2.25 bits per heavy atom. The van der Waals surface area contributed by atoms with Crippen molar-refractivity contribution in [1.82, 2.24) is 0 Å². The first kappa shape index (κ1) is 21.7. The Morgan fingerprint density at radius 1 is 0.906 bits per heavy atom. The van der Waals surface area contributed by atoms with Gasteiger partial charge in [-0.3, -0.25) is 0 Å². The topological polar surface area (TPSA) is 38.8 Å². The Bertz CT molecular complexity index is 1060. The molecule has 3 aromatic rings. The Hall–Kier alpha value is -3.53. The molecule has 4 nitrogen and oxygen atoms in total. The summed E-state index contributed by atoms with van der Waals surface area (Å²) in [5.41, 5.74) is 4.59. The van der Waals surface area contributed by atoms with Crippen molar-refractivity contribution in [3.05, 3.63) is 107 Å². The Morgan fingerprint density at radius 2 is 1.56 bits per heavy atom. The number of anilines is 1. The van der Waals surface area contributed by atoms with Crippen molar-refractivity contribution in [3.63, 3.8) is 0 Å². The van der Waals surface area contributed by atoms with Gasteiger partial charge in [0.2, 0.25) is 0 Å². The van der Waals surface area contributed by atoms with Crippen LogP contribution in [0.1, 0.15) is 49.0 Å². The Kier molecular flexibility index (Phi) is 6.90. The van der Waals surface area contributed by atoms with Gasteiger partial charge in [-0.05, 0) is 36.6 Å². The molecule has 4 heteroatoms. The van der Waals surface area contributed by atoms with Gasteiger partial charge in [0.05, 0.1) is 12.6 Å². The van der Waals surface area contributed by atoms with E-state index in [9.17, 15) is 4.79 Å². The van der Waals surface area contributed by atoms with E-state index in [0.29, 0.717) is 6.61 Å². The van der Waals surface area contributed by atoms with Crippen LogP contribution in [0.25, 0.3) is 6.08 Å². The largest absolute Gasteiger partial charge is 0.484 e. The van der Waals surface area contributed by atoms with Crippen LogP contribution in [0.4, 0.5) is 5.69 Å². The molecule has 2 atom stereocenters. The number of hydrogen-bond acceptors (Lipinski definition) is 4. The standard InChI is InChI=1S/C28H29NO3/c1-3-24(21-13-7-5-8-14-21)29-25-18-12-11-17-23(25)19-26(32-20-27(30)31-4-2)28(29)22-15-9-6-10-16-22/h5-19,24,28H,3-4,20H2,1-2H3/t24?,28-/m0/s1. The molecule has 1 heterocycles. The molecule has 0 aromatic heterocycles. The fraction of sp³-hybridized carbons (Fsp3) is 0.250. The number of para-hydroxylation sites is 1. The lowest BCUT2D eigenvalue weighted by Gasteiger charge is -2.44. The van der Waals surface area contributed by atoms with Gasteiger partial charge in [0.25, 0.3) is 0 Å². The van der Waals surface area contributed by atoms with Crippen LogP contribution < -0.4 is 4.90 Å². The molecule has 0 saturated heterocycles. The zero-order chi connectivity index (χ0) is 22.3. The van der Waals surface area contributed by atoms with Crippen LogP contribution in [0.15, 0.2) is 90.7 Å². The number of rotatable bonds is 8. The molecule has 0 fully saturated rings. The predicted octanol–water partition coefficient (Wildman–Crippen LogP) is 6.32. The number of carbonyl (C=O) groups is 1. The molecule has 164 valence electrons. The van der Waals surface area contributed by atoms with E-state index in [1.54, 1.807) is 6.92 Å². The van der Waals surface area contributed by atoms with Gasteiger partial charge in [0, 0.05) is 11.3 Å². The van der Waals surface area contributed by atoms with E-state index >= 15 is 0 Å². The average molecular weight is 428 g/mol. The fourth-order valence-corrected chi connectivity index (χ4v) is 4.39. The molecule has 3 aromatic carbocycles. The maximum atomic E-state index is 12.1. The van der Waals surface area contributed by atoms with Gasteiger partial charge < -0.3 is 14.4 Å². The lowest BCUT2D eigenvalue weighted by atomic mass is 9.90. The van der Waals surface area contributed by atoms with Crippen LogP contribution in [0.5, 0.6) is 0 Å². The highest BCUT2D eigenvalue weighted by Crippen LogP contribution is 2.46. The molecule has 4 rings (SSSR count). The third-order valence-electron chi connectivity index (χ3n) is 5.74. The molecule has 0 radical (unpaired) electrons. The van der Waals surface area contributed by atoms with Gasteiger partial charge in [0.1, 0.15) is 11.8 Å². The zero-order valence-corrected chi connectivity index (χ0v) is 18.6. The van der Waals surface area contributed by atoms with Crippen LogP contribution in [-0.4, -0.2) is 19.2 Å². The second kappa shape index (κ2) is 10.2. The molecule has 0 saturated carbocycles. The van der Waals surface area contributed by atoms with E-state index < -0.39 is 0 Å². The Labute approximate surface area is 190 Å². The second-order valence-corrected chi connectivity index (χ2v) is 7.75. The van der Waals surface area contributed by atoms with E-state index in [4.69, 9.17) is 9.47 Å². The highest BCUT2D eigenvalue weighted by atomic mass is 16.6. The van der Waals surface area contributed by atoms with E-state index in [2.05, 4.69) is 72.5 Å². The van der Waals surface area contributed by atoms with Crippen molar-refractivity contribution in [3.8, 4) is 0 Å². The summed E-state index contributed by atoms with van der Waals surface area (Å²) in [6, 6.07) is 29.2. The minimum Gasteiger partial charge on any atom is -0.484 e. The minimum absolute atomic E-state index is 0.110. The van der Waals surface area contributed by atoms with Crippen LogP contribution in [0.3, 0.4) is 0 Å². The van der Waals surface area contributed by atoms with Gasteiger partial charge in [0.15, 0.2) is 6.61 Å². The smallest absolute Gasteiger partial charge is 0.344 e. The number of ether oxygens (including phenoxy) is 2. The van der Waals surface area contributed by atoms with Gasteiger partial charge in [-0.2, -0.15) is 0 Å². The maximum absolute atomic E-state index is 12.1. The van der Waals surface area contributed by atoms with Crippen molar-refractivity contribution in [1.29, 1.82) is 0 Å². The first-order valence-corrected chi connectivity index (χ1v) is 11.2. The molecular formula is C28H29NO3. The monoisotopic (exact) mass is 427 g/mol. The predicted molar refractivity (Wildman–Crippen MR) is 128 cm³/mol. The molecule has 1 unspecified atom stereocenters. The van der Waals surface area contributed by atoms with Gasteiger partial charge in [-0.1, -0.05) is 85.8 Å². The average Bonchev–Trinajstić information content (AvgIpc) is 2.84. The lowest BCUT2D eigenvalue weighted by Crippen LogP contribution is -2.37. The fourth-order valence-electron chi connectivity index (χ4n) is 4.39. The van der Waals surface area contributed by atoms with E-state index in [0.717, 1.165) is 29.0 Å². The first-order chi connectivity index (χ1) is 15.7. The molecule has 1 aliphatic heterocycles. The third kappa shape index (κ3) is 4.54.